The summed E-state index contributed by atoms with van der Waals surface area (Å²) in [7, 11) is 2.05. The van der Waals surface area contributed by atoms with Gasteiger partial charge in [-0.3, -0.25) is 0 Å². The normalized spacial score (nSPS) is 24.8. The Hall–Kier alpha value is -1.06. The Labute approximate surface area is 115 Å². The maximum atomic E-state index is 5.82. The van der Waals surface area contributed by atoms with Crippen LogP contribution in [-0.4, -0.2) is 33.4 Å². The average molecular weight is 261 g/mol. The fourth-order valence-electron chi connectivity index (χ4n) is 3.55. The van der Waals surface area contributed by atoms with Gasteiger partial charge in [0.25, 0.3) is 0 Å². The monoisotopic (exact) mass is 261 g/mol. The molecular weight excluding hydrogens is 238 g/mol. The summed E-state index contributed by atoms with van der Waals surface area (Å²) in [5.74, 6) is 1.63. The Morgan fingerprint density at radius 2 is 2.05 bits per heavy atom. The van der Waals surface area contributed by atoms with Gasteiger partial charge in [-0.05, 0) is 37.8 Å². The summed E-state index contributed by atoms with van der Waals surface area (Å²) in [5, 5.41) is 3.38. The van der Waals surface area contributed by atoms with E-state index in [1.54, 1.807) is 0 Å². The molecule has 0 saturated carbocycles. The molecule has 1 N–H and O–H groups in total. The first-order valence-corrected chi connectivity index (χ1v) is 7.27. The number of hydrogen-bond acceptors (Lipinski definition) is 3. The van der Waals surface area contributed by atoms with Gasteiger partial charge in [-0.2, -0.15) is 0 Å². The molecule has 1 unspecified atom stereocenters. The van der Waals surface area contributed by atoms with Crippen LogP contribution in [-0.2, 0) is 4.74 Å². The molecule has 0 aromatic heterocycles. The van der Waals surface area contributed by atoms with Crippen LogP contribution in [0.3, 0.4) is 0 Å². The second-order valence-corrected chi connectivity index (χ2v) is 5.89. The van der Waals surface area contributed by atoms with Crippen molar-refractivity contribution in [1.29, 1.82) is 0 Å². The van der Waals surface area contributed by atoms with Gasteiger partial charge >= 0.3 is 0 Å². The van der Waals surface area contributed by atoms with E-state index in [4.69, 9.17) is 9.47 Å². The van der Waals surface area contributed by atoms with Crippen LogP contribution in [0.1, 0.15) is 30.7 Å². The summed E-state index contributed by atoms with van der Waals surface area (Å²) in [6.45, 7) is 3.72. The lowest BCUT2D eigenvalue weighted by atomic mass is 9.72. The zero-order valence-corrected chi connectivity index (χ0v) is 11.7. The van der Waals surface area contributed by atoms with E-state index in [-0.39, 0.29) is 0 Å². The van der Waals surface area contributed by atoms with Gasteiger partial charge in [-0.15, -0.1) is 0 Å². The van der Waals surface area contributed by atoms with Crippen LogP contribution in [0.15, 0.2) is 24.3 Å². The van der Waals surface area contributed by atoms with Gasteiger partial charge in [0, 0.05) is 31.2 Å². The highest BCUT2D eigenvalue weighted by atomic mass is 16.5. The molecule has 2 aliphatic rings. The molecule has 1 aromatic rings. The molecule has 3 nitrogen and oxygen atoms in total. The minimum Gasteiger partial charge on any atom is -0.493 e. The summed E-state index contributed by atoms with van der Waals surface area (Å²) < 4.78 is 11.4. The predicted molar refractivity (Wildman–Crippen MR) is 75.7 cm³/mol. The van der Waals surface area contributed by atoms with Gasteiger partial charge < -0.3 is 14.8 Å². The molecule has 0 amide bonds. The molecule has 0 bridgehead atoms. The number of ether oxygens (including phenoxy) is 2. The molecule has 0 radical (unpaired) electrons. The summed E-state index contributed by atoms with van der Waals surface area (Å²) in [6.07, 6.45) is 3.52. The molecule has 1 atom stereocenters. The topological polar surface area (TPSA) is 30.5 Å². The van der Waals surface area contributed by atoms with Gasteiger partial charge in [-0.1, -0.05) is 18.2 Å². The lowest BCUT2D eigenvalue weighted by molar-refractivity contribution is 0.00682. The van der Waals surface area contributed by atoms with Crippen LogP contribution >= 0.6 is 0 Å². The maximum Gasteiger partial charge on any atom is 0.122 e. The van der Waals surface area contributed by atoms with Crippen LogP contribution < -0.4 is 10.1 Å². The molecule has 1 aromatic carbocycles. The quantitative estimate of drug-likeness (QED) is 0.903. The summed E-state index contributed by atoms with van der Waals surface area (Å²) in [6, 6.07) is 8.48. The van der Waals surface area contributed by atoms with Crippen LogP contribution in [0.4, 0.5) is 0 Å². The smallest absolute Gasteiger partial charge is 0.122 e. The van der Waals surface area contributed by atoms with Crippen molar-refractivity contribution in [2.75, 3.05) is 33.4 Å². The number of benzene rings is 1. The highest BCUT2D eigenvalue weighted by molar-refractivity contribution is 5.39. The number of nitrogens with one attached hydrogen (secondary N) is 1. The van der Waals surface area contributed by atoms with Crippen molar-refractivity contribution in [3.8, 4) is 5.75 Å². The van der Waals surface area contributed by atoms with Crippen LogP contribution in [0.25, 0.3) is 0 Å². The average Bonchev–Trinajstić information content (AvgIpc) is 2.83. The molecule has 3 rings (SSSR count). The molecule has 1 saturated heterocycles. The second kappa shape index (κ2) is 5.51. The zero-order valence-electron chi connectivity index (χ0n) is 11.7. The second-order valence-electron chi connectivity index (χ2n) is 5.89. The Morgan fingerprint density at radius 1 is 1.26 bits per heavy atom. The predicted octanol–water partition coefficient (Wildman–Crippen LogP) is 2.57. The molecule has 3 heteroatoms. The van der Waals surface area contributed by atoms with Crippen molar-refractivity contribution >= 4 is 0 Å². The van der Waals surface area contributed by atoms with Crippen molar-refractivity contribution < 1.29 is 9.47 Å². The molecule has 2 aliphatic heterocycles. The third-order valence-corrected chi connectivity index (χ3v) is 4.58. The van der Waals surface area contributed by atoms with Gasteiger partial charge in [0.15, 0.2) is 0 Å². The molecule has 1 fully saturated rings. The van der Waals surface area contributed by atoms with Crippen molar-refractivity contribution in [3.63, 3.8) is 0 Å². The molecule has 104 valence electrons. The fourth-order valence-corrected chi connectivity index (χ4v) is 3.55. The Balaban J connectivity index is 1.76. The van der Waals surface area contributed by atoms with Gasteiger partial charge in [0.1, 0.15) is 5.75 Å². The minimum atomic E-state index is 0.373. The van der Waals surface area contributed by atoms with Gasteiger partial charge in [0.05, 0.1) is 6.61 Å². The lowest BCUT2D eigenvalue weighted by Crippen LogP contribution is -2.39. The molecular formula is C16H23NO2. The lowest BCUT2D eigenvalue weighted by Gasteiger charge is -2.38. The first-order chi connectivity index (χ1) is 9.33. The van der Waals surface area contributed by atoms with Crippen molar-refractivity contribution in [1.82, 2.24) is 5.32 Å². The van der Waals surface area contributed by atoms with Crippen molar-refractivity contribution in [2.45, 2.75) is 25.2 Å². The van der Waals surface area contributed by atoms with Crippen molar-refractivity contribution in [2.24, 2.45) is 5.41 Å². The van der Waals surface area contributed by atoms with E-state index in [1.165, 1.54) is 12.0 Å². The minimum absolute atomic E-state index is 0.373. The van der Waals surface area contributed by atoms with E-state index < -0.39 is 0 Å². The fraction of sp³-hybridized carbons (Fsp3) is 0.625. The first kappa shape index (κ1) is 12.9. The maximum absolute atomic E-state index is 5.82. The Kier molecular flexibility index (Phi) is 3.76. The third kappa shape index (κ3) is 2.63. The van der Waals surface area contributed by atoms with Crippen LogP contribution in [0, 0.1) is 5.41 Å². The van der Waals surface area contributed by atoms with E-state index in [9.17, 15) is 0 Å². The van der Waals surface area contributed by atoms with Gasteiger partial charge in [-0.25, -0.2) is 0 Å². The summed E-state index contributed by atoms with van der Waals surface area (Å²) in [5.41, 5.74) is 1.77. The third-order valence-electron chi connectivity index (χ3n) is 4.58. The van der Waals surface area contributed by atoms with E-state index in [1.807, 2.05) is 0 Å². The number of hydrogen-bond donors (Lipinski definition) is 1. The highest BCUT2D eigenvalue weighted by Gasteiger charge is 2.37. The first-order valence-electron chi connectivity index (χ1n) is 7.27. The standard InChI is InChI=1S/C16H23NO2/c1-17-12-16(6-8-18-9-7-16)10-13-11-19-15-5-3-2-4-14(13)15/h2-5,13,17H,6-12H2,1H3. The molecule has 2 heterocycles. The number of fused-ring (bicyclic) bond motifs is 1. The zero-order chi connectivity index (χ0) is 13.1. The number of rotatable bonds is 4. The van der Waals surface area contributed by atoms with E-state index in [2.05, 4.69) is 36.6 Å². The molecule has 19 heavy (non-hydrogen) atoms. The Bertz CT molecular complexity index is 421. The highest BCUT2D eigenvalue weighted by Crippen LogP contribution is 2.44. The summed E-state index contributed by atoms with van der Waals surface area (Å²) >= 11 is 0. The molecule has 0 spiro atoms. The van der Waals surface area contributed by atoms with Gasteiger partial charge in [0.2, 0.25) is 0 Å². The summed E-state index contributed by atoms with van der Waals surface area (Å²) in [4.78, 5) is 0. The van der Waals surface area contributed by atoms with Crippen LogP contribution in [0.2, 0.25) is 0 Å². The van der Waals surface area contributed by atoms with E-state index in [0.717, 1.165) is 45.0 Å². The SMILES string of the molecule is CNCC1(CC2COc3ccccc32)CCOCC1. The molecule has 0 aliphatic carbocycles. The van der Waals surface area contributed by atoms with Crippen molar-refractivity contribution in [3.05, 3.63) is 29.8 Å². The Morgan fingerprint density at radius 3 is 2.84 bits per heavy atom. The largest absolute Gasteiger partial charge is 0.493 e. The van der Waals surface area contributed by atoms with E-state index >= 15 is 0 Å². The number of para-hydroxylation sites is 1. The van der Waals surface area contributed by atoms with Crippen LogP contribution in [0.5, 0.6) is 5.75 Å². The van der Waals surface area contributed by atoms with E-state index in [0.29, 0.717) is 11.3 Å².